The average molecular weight is 689 g/mol. The molecule has 0 bridgehead atoms. The molecule has 3 rings (SSSR count). The maximum absolute atomic E-state index is 13.5. The van der Waals surface area contributed by atoms with Crippen LogP contribution >= 0.6 is 0 Å². The first-order chi connectivity index (χ1) is 23.0. The van der Waals surface area contributed by atoms with Gasteiger partial charge >= 0.3 is 11.9 Å². The standard InChI is InChI=1S/C38H60N2O9/c1-13-17-29(23-41)40(11)22-24(2)21-38(8,44-12)33(26(4)31-27(5)34(42)49-37(6,7)48-31)47-36-32(30(39(9)10)20-25(3)45-36)46-35(43)28-18-15-14-16-19-28/h13-16,18-19,24-26,29-30,32-33,36,41H,1,17,20-23H2,2-12H3/t24-,25-,26+,29+,30+,32-,33-,36+,38-/m1/s1. The van der Waals surface area contributed by atoms with Crippen molar-refractivity contribution in [3.8, 4) is 0 Å². The molecule has 1 aromatic carbocycles. The molecule has 0 spiro atoms. The molecule has 11 heteroatoms. The molecule has 0 saturated carbocycles. The zero-order valence-corrected chi connectivity index (χ0v) is 31.4. The number of hydrogen-bond acceptors (Lipinski definition) is 11. The molecule has 0 aliphatic carbocycles. The monoisotopic (exact) mass is 688 g/mol. The van der Waals surface area contributed by atoms with Crippen LogP contribution in [0.4, 0.5) is 0 Å². The Balaban J connectivity index is 2.07. The highest BCUT2D eigenvalue weighted by Crippen LogP contribution is 2.41. The van der Waals surface area contributed by atoms with E-state index in [4.69, 9.17) is 28.4 Å². The lowest BCUT2D eigenvalue weighted by Crippen LogP contribution is -2.59. The van der Waals surface area contributed by atoms with Crippen LogP contribution < -0.4 is 0 Å². The van der Waals surface area contributed by atoms with E-state index in [0.717, 1.165) is 0 Å². The van der Waals surface area contributed by atoms with E-state index in [-0.39, 0.29) is 30.7 Å². The van der Waals surface area contributed by atoms with Crippen molar-refractivity contribution >= 4 is 11.9 Å². The number of likely N-dealkylation sites (N-methyl/N-ethyl adjacent to an activating group) is 2. The van der Waals surface area contributed by atoms with Crippen molar-refractivity contribution in [2.45, 2.75) is 116 Å². The van der Waals surface area contributed by atoms with Gasteiger partial charge in [-0.05, 0) is 79.2 Å². The summed E-state index contributed by atoms with van der Waals surface area (Å²) < 4.78 is 37.9. The number of esters is 2. The first-order valence-corrected chi connectivity index (χ1v) is 17.3. The molecule has 276 valence electrons. The molecular weight excluding hydrogens is 628 g/mol. The van der Waals surface area contributed by atoms with Gasteiger partial charge in [0.25, 0.3) is 0 Å². The summed E-state index contributed by atoms with van der Waals surface area (Å²) in [6, 6.07) is 8.59. The Labute approximate surface area is 293 Å². The van der Waals surface area contributed by atoms with Gasteiger partial charge in [0.05, 0.1) is 41.6 Å². The molecule has 11 nitrogen and oxygen atoms in total. The van der Waals surface area contributed by atoms with Gasteiger partial charge in [0, 0.05) is 39.5 Å². The minimum absolute atomic E-state index is 0.0174. The van der Waals surface area contributed by atoms with Gasteiger partial charge in [0.1, 0.15) is 5.76 Å². The number of hydrogen-bond donors (Lipinski definition) is 1. The highest BCUT2D eigenvalue weighted by atomic mass is 16.7. The Kier molecular flexibility index (Phi) is 14.4. The smallest absolute Gasteiger partial charge is 0.340 e. The van der Waals surface area contributed by atoms with Crippen LogP contribution in [0, 0.1) is 11.8 Å². The van der Waals surface area contributed by atoms with Crippen molar-refractivity contribution in [2.75, 3.05) is 41.4 Å². The summed E-state index contributed by atoms with van der Waals surface area (Å²) in [6.07, 6.45) is 0.932. The van der Waals surface area contributed by atoms with Gasteiger partial charge < -0.3 is 43.3 Å². The fourth-order valence-corrected chi connectivity index (χ4v) is 7.10. The molecule has 1 saturated heterocycles. The van der Waals surface area contributed by atoms with Crippen molar-refractivity contribution < 1.29 is 43.1 Å². The number of cyclic esters (lactones) is 1. The Morgan fingerprint density at radius 3 is 2.41 bits per heavy atom. The molecule has 1 fully saturated rings. The normalized spacial score (nSPS) is 26.3. The van der Waals surface area contributed by atoms with E-state index in [0.29, 0.717) is 42.7 Å². The van der Waals surface area contributed by atoms with E-state index in [9.17, 15) is 14.7 Å². The highest BCUT2D eigenvalue weighted by Gasteiger charge is 2.50. The highest BCUT2D eigenvalue weighted by molar-refractivity contribution is 5.89. The quantitative estimate of drug-likeness (QED) is 0.172. The molecule has 0 amide bonds. The lowest BCUT2D eigenvalue weighted by Gasteiger charge is -2.48. The summed E-state index contributed by atoms with van der Waals surface area (Å²) in [4.78, 5) is 30.6. The first-order valence-electron chi connectivity index (χ1n) is 17.3. The third-order valence-corrected chi connectivity index (χ3v) is 9.72. The predicted molar refractivity (Wildman–Crippen MR) is 188 cm³/mol. The van der Waals surface area contributed by atoms with Crippen molar-refractivity contribution in [2.24, 2.45) is 11.8 Å². The lowest BCUT2D eigenvalue weighted by molar-refractivity contribution is -0.298. The van der Waals surface area contributed by atoms with Gasteiger partial charge in [-0.3, -0.25) is 0 Å². The Bertz CT molecular complexity index is 1290. The van der Waals surface area contributed by atoms with E-state index >= 15 is 0 Å². The number of ether oxygens (including phenoxy) is 6. The Morgan fingerprint density at radius 2 is 1.84 bits per heavy atom. The number of aliphatic hydroxyl groups excluding tert-OH is 1. The second kappa shape index (κ2) is 17.4. The zero-order chi connectivity index (χ0) is 36.7. The summed E-state index contributed by atoms with van der Waals surface area (Å²) in [5, 5.41) is 9.99. The average Bonchev–Trinajstić information content (AvgIpc) is 3.04. The maximum Gasteiger partial charge on any atom is 0.340 e. The number of aliphatic hydroxyl groups is 1. The first kappa shape index (κ1) is 40.6. The second-order valence-corrected chi connectivity index (χ2v) is 14.7. The number of methoxy groups -OCH3 is 1. The molecule has 49 heavy (non-hydrogen) atoms. The van der Waals surface area contributed by atoms with Gasteiger partial charge in [-0.1, -0.05) is 38.1 Å². The van der Waals surface area contributed by atoms with Crippen LogP contribution in [0.25, 0.3) is 0 Å². The minimum atomic E-state index is -1.19. The zero-order valence-electron chi connectivity index (χ0n) is 31.4. The van der Waals surface area contributed by atoms with Crippen LogP contribution in [0.1, 0.15) is 78.1 Å². The fraction of sp³-hybridized carbons (Fsp3) is 0.684. The summed E-state index contributed by atoms with van der Waals surface area (Å²) in [7, 11) is 7.54. The van der Waals surface area contributed by atoms with Crippen LogP contribution in [0.5, 0.6) is 0 Å². The third-order valence-electron chi connectivity index (χ3n) is 9.72. The minimum Gasteiger partial charge on any atom is -0.456 e. The molecule has 0 radical (unpaired) electrons. The maximum atomic E-state index is 13.5. The molecule has 1 aromatic rings. The van der Waals surface area contributed by atoms with Gasteiger partial charge in [0.15, 0.2) is 12.4 Å². The van der Waals surface area contributed by atoms with E-state index in [1.165, 1.54) is 0 Å². The molecule has 1 N–H and O–H groups in total. The number of carbonyl (C=O) groups is 2. The van der Waals surface area contributed by atoms with Gasteiger partial charge in [-0.2, -0.15) is 0 Å². The predicted octanol–water partition coefficient (Wildman–Crippen LogP) is 5.18. The molecule has 2 aliphatic heterocycles. The van der Waals surface area contributed by atoms with E-state index in [1.807, 2.05) is 59.0 Å². The third kappa shape index (κ3) is 10.4. The summed E-state index contributed by atoms with van der Waals surface area (Å²) in [6.45, 7) is 17.6. The van der Waals surface area contributed by atoms with E-state index in [1.54, 1.807) is 52.1 Å². The number of benzene rings is 1. The molecule has 2 aliphatic rings. The van der Waals surface area contributed by atoms with E-state index < -0.39 is 47.7 Å². The molecule has 0 aromatic heterocycles. The van der Waals surface area contributed by atoms with Crippen molar-refractivity contribution in [3.63, 3.8) is 0 Å². The van der Waals surface area contributed by atoms with Gasteiger partial charge in [-0.25, -0.2) is 9.59 Å². The van der Waals surface area contributed by atoms with Crippen molar-refractivity contribution in [1.82, 2.24) is 9.80 Å². The van der Waals surface area contributed by atoms with Crippen LogP contribution in [0.2, 0.25) is 0 Å². The van der Waals surface area contributed by atoms with Crippen LogP contribution in [-0.4, -0.2) is 116 Å². The molecule has 0 unspecified atom stereocenters. The number of nitrogens with zero attached hydrogens (tertiary/aromatic N) is 2. The largest absolute Gasteiger partial charge is 0.456 e. The van der Waals surface area contributed by atoms with Gasteiger partial charge in [0.2, 0.25) is 5.79 Å². The number of carbonyl (C=O) groups excluding carboxylic acids is 2. The molecule has 9 atom stereocenters. The fourth-order valence-electron chi connectivity index (χ4n) is 7.10. The second-order valence-electron chi connectivity index (χ2n) is 14.7. The summed E-state index contributed by atoms with van der Waals surface area (Å²) >= 11 is 0. The summed E-state index contributed by atoms with van der Waals surface area (Å²) in [5.74, 6) is -2.12. The Morgan fingerprint density at radius 1 is 1.18 bits per heavy atom. The SMILES string of the molecule is C=CC[C@@H](CO)N(C)C[C@H](C)C[C@@](C)(OC)[C@H](O[C@@H]1O[C@H](C)C[C@H](N(C)C)[C@H]1OC(=O)c1ccccc1)[C@@H](C)C1=C(C)C(=O)OC(C)(C)O1. The van der Waals surface area contributed by atoms with Crippen molar-refractivity contribution in [3.05, 3.63) is 59.9 Å². The number of rotatable bonds is 17. The lowest BCUT2D eigenvalue weighted by atomic mass is 9.80. The van der Waals surface area contributed by atoms with Gasteiger partial charge in [-0.15, -0.1) is 6.58 Å². The van der Waals surface area contributed by atoms with E-state index in [2.05, 4.69) is 18.4 Å². The summed E-state index contributed by atoms with van der Waals surface area (Å²) in [5.41, 5.74) is -0.171. The van der Waals surface area contributed by atoms with Crippen LogP contribution in [0.15, 0.2) is 54.3 Å². The topological polar surface area (TPSA) is 116 Å². The van der Waals surface area contributed by atoms with Crippen LogP contribution in [-0.2, 0) is 33.2 Å². The van der Waals surface area contributed by atoms with Crippen LogP contribution in [0.3, 0.4) is 0 Å². The molecule has 2 heterocycles. The Hall–Kier alpha value is -2.80. The van der Waals surface area contributed by atoms with Crippen molar-refractivity contribution in [1.29, 1.82) is 0 Å². The molecular formula is C38H60N2O9.